The quantitative estimate of drug-likeness (QED) is 0.178. The molecule has 5 atom stereocenters. The average molecular weight is 661 g/mol. The fourth-order valence-electron chi connectivity index (χ4n) is 6.58. The molecule has 0 radical (unpaired) electrons. The topological polar surface area (TPSA) is 88.1 Å². The van der Waals surface area contributed by atoms with Crippen molar-refractivity contribution in [1.82, 2.24) is 0 Å². The Morgan fingerprint density at radius 1 is 0.783 bits per heavy atom. The molecule has 7 nitrogen and oxygen atoms in total. The van der Waals surface area contributed by atoms with E-state index in [1.54, 1.807) is 0 Å². The molecule has 0 spiro atoms. The molecule has 0 bridgehead atoms. The van der Waals surface area contributed by atoms with Gasteiger partial charge in [0.15, 0.2) is 5.78 Å². The summed E-state index contributed by atoms with van der Waals surface area (Å²) in [7, 11) is 1.51. The van der Waals surface area contributed by atoms with Gasteiger partial charge >= 0.3 is 24.3 Å². The van der Waals surface area contributed by atoms with Gasteiger partial charge in [-0.1, -0.05) is 81.4 Å². The van der Waals surface area contributed by atoms with E-state index in [2.05, 4.69) is 4.74 Å². The number of esters is 2. The van der Waals surface area contributed by atoms with E-state index < -0.39 is 70.5 Å². The number of hydrogen-bond donors (Lipinski definition) is 0. The van der Waals surface area contributed by atoms with Gasteiger partial charge in [0.1, 0.15) is 12.7 Å². The summed E-state index contributed by atoms with van der Waals surface area (Å²) < 4.78 is 105. The van der Waals surface area contributed by atoms with E-state index in [0.717, 1.165) is 38.5 Å². The number of halogens is 6. The number of methoxy groups -OCH3 is 2. The van der Waals surface area contributed by atoms with Crippen molar-refractivity contribution < 1.29 is 59.7 Å². The molecule has 1 fully saturated rings. The molecule has 0 unspecified atom stereocenters. The Morgan fingerprint density at radius 3 is 1.65 bits per heavy atom. The average Bonchev–Trinajstić information content (AvgIpc) is 2.96. The lowest BCUT2D eigenvalue weighted by Gasteiger charge is -2.46. The van der Waals surface area contributed by atoms with E-state index in [-0.39, 0.29) is 37.5 Å². The van der Waals surface area contributed by atoms with Gasteiger partial charge in [0.25, 0.3) is 11.2 Å². The number of benzene rings is 2. The van der Waals surface area contributed by atoms with Crippen molar-refractivity contribution in [3.05, 3.63) is 71.8 Å². The molecule has 0 aromatic heterocycles. The normalized spacial score (nSPS) is 22.6. The van der Waals surface area contributed by atoms with Crippen LogP contribution in [-0.2, 0) is 44.5 Å². The van der Waals surface area contributed by atoms with Crippen molar-refractivity contribution in [2.75, 3.05) is 20.8 Å². The number of rotatable bonds is 12. The molecule has 46 heavy (non-hydrogen) atoms. The van der Waals surface area contributed by atoms with Gasteiger partial charge in [0.2, 0.25) is 0 Å². The first-order valence-corrected chi connectivity index (χ1v) is 14.6. The standard InChI is InChI=1S/C33H38F6O7/c1-21-18-25(46-28(42)31(44-5,33(37,38)39)23-14-10-7-11-15-23)19-29(2,3)26(21)17-16-24(40)20-45-27(41)30(43-4,32(34,35)36)22-12-8-6-9-13-22/h6-15,21,25-26H,16-20H2,1-5H3/t21-,25+,26+,30-,31-/m1/s1. The molecule has 2 aromatic carbocycles. The molecule has 3 rings (SSSR count). The Hall–Kier alpha value is -3.45. The van der Waals surface area contributed by atoms with Gasteiger partial charge in [-0.15, -0.1) is 0 Å². The molecular weight excluding hydrogens is 622 g/mol. The van der Waals surface area contributed by atoms with Gasteiger partial charge in [-0.25, -0.2) is 9.59 Å². The maximum absolute atomic E-state index is 14.3. The van der Waals surface area contributed by atoms with Crippen LogP contribution < -0.4 is 0 Å². The third-order valence-corrected chi connectivity index (χ3v) is 8.80. The Morgan fingerprint density at radius 2 is 1.24 bits per heavy atom. The van der Waals surface area contributed by atoms with Gasteiger partial charge in [0.05, 0.1) is 0 Å². The monoisotopic (exact) mass is 660 g/mol. The minimum Gasteiger partial charge on any atom is -0.460 e. The van der Waals surface area contributed by atoms with Crippen LogP contribution in [0.2, 0.25) is 0 Å². The second kappa shape index (κ2) is 14.1. The lowest BCUT2D eigenvalue weighted by molar-refractivity contribution is -0.279. The number of alkyl halides is 6. The van der Waals surface area contributed by atoms with Crippen LogP contribution in [0.4, 0.5) is 26.3 Å². The number of Topliss-reactive ketones (excluding diaryl/α,β-unsaturated/α-hetero) is 1. The predicted octanol–water partition coefficient (Wildman–Crippen LogP) is 7.07. The number of hydrogen-bond acceptors (Lipinski definition) is 7. The molecule has 13 heteroatoms. The molecule has 0 aliphatic heterocycles. The molecule has 254 valence electrons. The molecular formula is C33H38F6O7. The first kappa shape index (κ1) is 37.0. The van der Waals surface area contributed by atoms with E-state index in [9.17, 15) is 40.7 Å². The third-order valence-electron chi connectivity index (χ3n) is 8.80. The Labute approximate surface area is 263 Å². The Kier molecular flexibility index (Phi) is 11.4. The van der Waals surface area contributed by atoms with Gasteiger partial charge < -0.3 is 18.9 Å². The summed E-state index contributed by atoms with van der Waals surface area (Å²) >= 11 is 0. The molecule has 0 amide bonds. The summed E-state index contributed by atoms with van der Waals surface area (Å²) in [6.07, 6.45) is -10.7. The van der Waals surface area contributed by atoms with Gasteiger partial charge in [-0.2, -0.15) is 26.3 Å². The first-order valence-electron chi connectivity index (χ1n) is 14.6. The largest absolute Gasteiger partial charge is 0.460 e. The van der Waals surface area contributed by atoms with Crippen molar-refractivity contribution in [3.8, 4) is 0 Å². The van der Waals surface area contributed by atoms with E-state index in [4.69, 9.17) is 14.2 Å². The van der Waals surface area contributed by atoms with Crippen molar-refractivity contribution in [2.45, 2.75) is 76.1 Å². The highest BCUT2D eigenvalue weighted by Crippen LogP contribution is 2.49. The summed E-state index contributed by atoms with van der Waals surface area (Å²) in [6.45, 7) is 4.57. The highest BCUT2D eigenvalue weighted by atomic mass is 19.4. The molecule has 0 heterocycles. The SMILES string of the molecule is CO[C@@](C(=O)OCC(=O)CC[C@H]1[C@H](C)C[C@H](OC(=O)[C@](OC)(c2ccccc2)C(F)(F)F)CC1(C)C)(c1ccccc1)C(F)(F)F. The van der Waals surface area contributed by atoms with Crippen molar-refractivity contribution >= 4 is 17.7 Å². The van der Waals surface area contributed by atoms with Gasteiger partial charge in [0, 0.05) is 31.8 Å². The molecule has 0 N–H and O–H groups in total. The van der Waals surface area contributed by atoms with Crippen LogP contribution in [0.25, 0.3) is 0 Å². The number of ether oxygens (including phenoxy) is 4. The minimum absolute atomic E-state index is 0.137. The maximum Gasteiger partial charge on any atom is 0.432 e. The minimum atomic E-state index is -5.19. The third kappa shape index (κ3) is 7.25. The van der Waals surface area contributed by atoms with Crippen molar-refractivity contribution in [1.29, 1.82) is 0 Å². The van der Waals surface area contributed by atoms with E-state index in [0.29, 0.717) is 0 Å². The Balaban J connectivity index is 1.65. The number of ketones is 1. The molecule has 1 aliphatic rings. The summed E-state index contributed by atoms with van der Waals surface area (Å²) in [6, 6.07) is 12.7. The molecule has 1 saturated carbocycles. The van der Waals surface area contributed by atoms with Gasteiger partial charge in [-0.05, 0) is 36.5 Å². The molecule has 0 saturated heterocycles. The fraction of sp³-hybridized carbons (Fsp3) is 0.545. The zero-order chi connectivity index (χ0) is 34.6. The van der Waals surface area contributed by atoms with Crippen molar-refractivity contribution in [3.63, 3.8) is 0 Å². The number of carbonyl (C=O) groups excluding carboxylic acids is 3. The number of carbonyl (C=O) groups is 3. The zero-order valence-corrected chi connectivity index (χ0v) is 26.2. The zero-order valence-electron chi connectivity index (χ0n) is 26.2. The van der Waals surface area contributed by atoms with E-state index >= 15 is 0 Å². The Bertz CT molecular complexity index is 1350. The second-order valence-electron chi connectivity index (χ2n) is 12.2. The van der Waals surface area contributed by atoms with Crippen LogP contribution in [-0.4, -0.2) is 57.0 Å². The van der Waals surface area contributed by atoms with Crippen LogP contribution in [0.15, 0.2) is 60.7 Å². The van der Waals surface area contributed by atoms with E-state index in [1.165, 1.54) is 36.4 Å². The maximum atomic E-state index is 14.3. The van der Waals surface area contributed by atoms with Gasteiger partial charge in [-0.3, -0.25) is 4.79 Å². The summed E-state index contributed by atoms with van der Waals surface area (Å²) in [5, 5.41) is 0. The second-order valence-corrected chi connectivity index (χ2v) is 12.2. The lowest BCUT2D eigenvalue weighted by Crippen LogP contribution is -2.53. The van der Waals surface area contributed by atoms with Crippen LogP contribution in [0.5, 0.6) is 0 Å². The van der Waals surface area contributed by atoms with Crippen LogP contribution >= 0.6 is 0 Å². The smallest absolute Gasteiger partial charge is 0.432 e. The fourth-order valence-corrected chi connectivity index (χ4v) is 6.58. The highest BCUT2D eigenvalue weighted by Gasteiger charge is 2.65. The first-order chi connectivity index (χ1) is 21.4. The van der Waals surface area contributed by atoms with Crippen LogP contribution in [0.3, 0.4) is 0 Å². The lowest BCUT2D eigenvalue weighted by atomic mass is 9.61. The molecule has 2 aromatic rings. The van der Waals surface area contributed by atoms with E-state index in [1.807, 2.05) is 20.8 Å². The highest BCUT2D eigenvalue weighted by molar-refractivity contribution is 5.87. The molecule has 1 aliphatic carbocycles. The van der Waals surface area contributed by atoms with Crippen LogP contribution in [0, 0.1) is 17.3 Å². The summed E-state index contributed by atoms with van der Waals surface area (Å²) in [5.74, 6) is -4.38. The summed E-state index contributed by atoms with van der Waals surface area (Å²) in [5.41, 5.74) is -8.28. The van der Waals surface area contributed by atoms with Crippen LogP contribution in [0.1, 0.15) is 57.6 Å². The van der Waals surface area contributed by atoms with Crippen molar-refractivity contribution in [2.24, 2.45) is 17.3 Å². The summed E-state index contributed by atoms with van der Waals surface area (Å²) in [4.78, 5) is 38.6. The predicted molar refractivity (Wildman–Crippen MR) is 153 cm³/mol.